The van der Waals surface area contributed by atoms with Crippen molar-refractivity contribution in [3.05, 3.63) is 36.3 Å². The molecule has 0 bridgehead atoms. The molecule has 2 heterocycles. The van der Waals surface area contributed by atoms with E-state index in [1.807, 2.05) is 12.1 Å². The summed E-state index contributed by atoms with van der Waals surface area (Å²) in [6, 6.07) is 8.68. The molecule has 0 aliphatic carbocycles. The Balaban J connectivity index is 0.00000133. The summed E-state index contributed by atoms with van der Waals surface area (Å²) in [7, 11) is 0. The first-order chi connectivity index (χ1) is 8.83. The Morgan fingerprint density at radius 2 is 1.95 bits per heavy atom. The van der Waals surface area contributed by atoms with Crippen LogP contribution in [0.4, 0.5) is 4.39 Å². The van der Waals surface area contributed by atoms with Crippen molar-refractivity contribution < 1.29 is 9.13 Å². The molecule has 5 heteroatoms. The molecule has 1 saturated heterocycles. The molecular weight excluding hydrogens is 267 g/mol. The number of nitrogens with zero attached hydrogens (tertiary/aromatic N) is 1. The van der Waals surface area contributed by atoms with E-state index >= 15 is 0 Å². The molecule has 0 unspecified atom stereocenters. The summed E-state index contributed by atoms with van der Waals surface area (Å²) < 4.78 is 19.1. The molecule has 1 aromatic carbocycles. The van der Waals surface area contributed by atoms with Gasteiger partial charge in [-0.1, -0.05) is 6.07 Å². The molecule has 102 valence electrons. The van der Waals surface area contributed by atoms with Gasteiger partial charge in [0.2, 0.25) is 5.95 Å². The van der Waals surface area contributed by atoms with Crippen molar-refractivity contribution in [1.29, 1.82) is 0 Å². The zero-order valence-corrected chi connectivity index (χ0v) is 11.3. The molecule has 0 amide bonds. The number of aromatic nitrogens is 1. The van der Waals surface area contributed by atoms with Crippen LogP contribution in [0.3, 0.4) is 0 Å². The molecule has 1 fully saturated rings. The van der Waals surface area contributed by atoms with Crippen LogP contribution >= 0.6 is 12.4 Å². The Labute approximate surface area is 117 Å². The zero-order chi connectivity index (χ0) is 12.4. The van der Waals surface area contributed by atoms with Gasteiger partial charge in [0.1, 0.15) is 11.9 Å². The number of pyridine rings is 1. The Kier molecular flexibility index (Phi) is 4.56. The smallest absolute Gasteiger partial charge is 0.213 e. The molecule has 0 saturated carbocycles. The number of fused-ring (bicyclic) bond motifs is 1. The van der Waals surface area contributed by atoms with E-state index in [9.17, 15) is 4.39 Å². The fourth-order valence-electron chi connectivity index (χ4n) is 2.30. The van der Waals surface area contributed by atoms with Crippen LogP contribution < -0.4 is 10.1 Å². The first-order valence-electron chi connectivity index (χ1n) is 6.25. The predicted molar refractivity (Wildman–Crippen MR) is 75.5 cm³/mol. The molecule has 1 aliphatic heterocycles. The highest BCUT2D eigenvalue weighted by molar-refractivity contribution is 5.85. The monoisotopic (exact) mass is 282 g/mol. The minimum absolute atomic E-state index is 0. The maximum atomic E-state index is 13.1. The summed E-state index contributed by atoms with van der Waals surface area (Å²) in [5.41, 5.74) is 0.640. The summed E-state index contributed by atoms with van der Waals surface area (Å²) in [4.78, 5) is 3.87. The molecule has 19 heavy (non-hydrogen) atoms. The molecule has 1 aliphatic rings. The minimum Gasteiger partial charge on any atom is -0.490 e. The largest absolute Gasteiger partial charge is 0.490 e. The molecule has 1 aromatic heterocycles. The molecule has 0 radical (unpaired) electrons. The van der Waals surface area contributed by atoms with Crippen LogP contribution in [0, 0.1) is 5.95 Å². The number of hydrogen-bond donors (Lipinski definition) is 1. The SMILES string of the molecule is Cl.Fc1ccc2c(OC3CCNCC3)cccc2n1. The van der Waals surface area contributed by atoms with Crippen molar-refractivity contribution in [2.45, 2.75) is 18.9 Å². The quantitative estimate of drug-likeness (QED) is 0.860. The highest BCUT2D eigenvalue weighted by Crippen LogP contribution is 2.26. The maximum absolute atomic E-state index is 13.1. The van der Waals surface area contributed by atoms with Crippen LogP contribution in [0.25, 0.3) is 10.9 Å². The van der Waals surface area contributed by atoms with Crippen molar-refractivity contribution in [3.63, 3.8) is 0 Å². The van der Waals surface area contributed by atoms with Crippen LogP contribution in [0.1, 0.15) is 12.8 Å². The maximum Gasteiger partial charge on any atom is 0.213 e. The van der Waals surface area contributed by atoms with Gasteiger partial charge in [-0.05, 0) is 50.2 Å². The predicted octanol–water partition coefficient (Wildman–Crippen LogP) is 2.93. The lowest BCUT2D eigenvalue weighted by Crippen LogP contribution is -2.34. The lowest BCUT2D eigenvalue weighted by atomic mass is 10.1. The van der Waals surface area contributed by atoms with Gasteiger partial charge >= 0.3 is 0 Å². The van der Waals surface area contributed by atoms with Crippen LogP contribution in [-0.2, 0) is 0 Å². The Bertz CT molecular complexity index is 558. The minimum atomic E-state index is -0.457. The topological polar surface area (TPSA) is 34.1 Å². The van der Waals surface area contributed by atoms with Gasteiger partial charge in [0.25, 0.3) is 0 Å². The fourth-order valence-corrected chi connectivity index (χ4v) is 2.30. The van der Waals surface area contributed by atoms with Crippen LogP contribution in [-0.4, -0.2) is 24.2 Å². The van der Waals surface area contributed by atoms with E-state index in [4.69, 9.17) is 4.74 Å². The second-order valence-corrected chi connectivity index (χ2v) is 4.52. The number of hydrogen-bond acceptors (Lipinski definition) is 3. The van der Waals surface area contributed by atoms with Gasteiger partial charge in [-0.3, -0.25) is 0 Å². The third-order valence-electron chi connectivity index (χ3n) is 3.24. The van der Waals surface area contributed by atoms with Gasteiger partial charge in [-0.2, -0.15) is 4.39 Å². The second kappa shape index (κ2) is 6.17. The number of piperidine rings is 1. The summed E-state index contributed by atoms with van der Waals surface area (Å²) in [6.07, 6.45) is 2.25. The van der Waals surface area contributed by atoms with E-state index in [-0.39, 0.29) is 18.5 Å². The van der Waals surface area contributed by atoms with Crippen molar-refractivity contribution >= 4 is 23.3 Å². The van der Waals surface area contributed by atoms with Crippen LogP contribution in [0.2, 0.25) is 0 Å². The summed E-state index contributed by atoms with van der Waals surface area (Å²) >= 11 is 0. The Morgan fingerprint density at radius 1 is 1.16 bits per heavy atom. The van der Waals surface area contributed by atoms with Crippen molar-refractivity contribution in [3.8, 4) is 5.75 Å². The third kappa shape index (κ3) is 3.14. The first kappa shape index (κ1) is 14.0. The van der Waals surface area contributed by atoms with Crippen LogP contribution in [0.15, 0.2) is 30.3 Å². The lowest BCUT2D eigenvalue weighted by molar-refractivity contribution is 0.164. The number of ether oxygens (including phenoxy) is 1. The van der Waals surface area contributed by atoms with Gasteiger partial charge in [0.05, 0.1) is 5.52 Å². The highest BCUT2D eigenvalue weighted by Gasteiger charge is 2.15. The van der Waals surface area contributed by atoms with E-state index in [1.54, 1.807) is 12.1 Å². The Hall–Kier alpha value is -1.39. The fraction of sp³-hybridized carbons (Fsp3) is 0.357. The summed E-state index contributed by atoms with van der Waals surface area (Å²) in [6.45, 7) is 1.98. The molecule has 3 rings (SSSR count). The van der Waals surface area contributed by atoms with E-state index in [1.165, 1.54) is 6.07 Å². The van der Waals surface area contributed by atoms with Crippen LogP contribution in [0.5, 0.6) is 5.75 Å². The standard InChI is InChI=1S/C14H15FN2O.ClH/c15-14-5-4-11-12(17-14)2-1-3-13(11)18-10-6-8-16-9-7-10;/h1-5,10,16H,6-9H2;1H. The third-order valence-corrected chi connectivity index (χ3v) is 3.24. The van der Waals surface area contributed by atoms with Gasteiger partial charge in [0.15, 0.2) is 0 Å². The van der Waals surface area contributed by atoms with Gasteiger partial charge in [0, 0.05) is 5.39 Å². The number of rotatable bonds is 2. The van der Waals surface area contributed by atoms with E-state index in [2.05, 4.69) is 10.3 Å². The normalized spacial score (nSPS) is 16.1. The van der Waals surface area contributed by atoms with Gasteiger partial charge < -0.3 is 10.1 Å². The average Bonchev–Trinajstić information content (AvgIpc) is 2.40. The Morgan fingerprint density at radius 3 is 2.74 bits per heavy atom. The zero-order valence-electron chi connectivity index (χ0n) is 10.4. The molecular formula is C14H16ClFN2O. The van der Waals surface area contributed by atoms with Crippen molar-refractivity contribution in [2.24, 2.45) is 0 Å². The lowest BCUT2D eigenvalue weighted by Gasteiger charge is -2.24. The number of benzene rings is 1. The molecule has 3 nitrogen and oxygen atoms in total. The van der Waals surface area contributed by atoms with E-state index in [0.29, 0.717) is 5.52 Å². The summed E-state index contributed by atoms with van der Waals surface area (Å²) in [5, 5.41) is 4.18. The van der Waals surface area contributed by atoms with Crippen molar-refractivity contribution in [1.82, 2.24) is 10.3 Å². The number of halogens is 2. The second-order valence-electron chi connectivity index (χ2n) is 4.52. The van der Waals surface area contributed by atoms with Crippen molar-refractivity contribution in [2.75, 3.05) is 13.1 Å². The summed E-state index contributed by atoms with van der Waals surface area (Å²) in [5.74, 6) is 0.341. The molecule has 0 spiro atoms. The van der Waals surface area contributed by atoms with E-state index < -0.39 is 5.95 Å². The number of nitrogens with one attached hydrogen (secondary N) is 1. The molecule has 0 atom stereocenters. The van der Waals surface area contributed by atoms with Gasteiger partial charge in [-0.15, -0.1) is 12.4 Å². The van der Waals surface area contributed by atoms with Gasteiger partial charge in [-0.25, -0.2) is 4.98 Å². The highest BCUT2D eigenvalue weighted by atomic mass is 35.5. The average molecular weight is 283 g/mol. The molecule has 1 N–H and O–H groups in total. The molecule has 2 aromatic rings. The van der Waals surface area contributed by atoms with E-state index in [0.717, 1.165) is 37.1 Å². The first-order valence-corrected chi connectivity index (χ1v) is 6.25.